The summed E-state index contributed by atoms with van der Waals surface area (Å²) in [5, 5.41) is 2.86. The maximum Gasteiger partial charge on any atom is 0.255 e. The van der Waals surface area contributed by atoms with Crippen LogP contribution in [-0.2, 0) is 11.2 Å². The summed E-state index contributed by atoms with van der Waals surface area (Å²) in [7, 11) is 1.62. The van der Waals surface area contributed by atoms with Gasteiger partial charge in [0, 0.05) is 12.1 Å². The van der Waals surface area contributed by atoms with Crippen LogP contribution in [0, 0.1) is 0 Å². The summed E-state index contributed by atoms with van der Waals surface area (Å²) in [5.74, 6) is 0.570. The number of carbonyl (C=O) groups is 2. The molecule has 0 aliphatic heterocycles. The Kier molecular flexibility index (Phi) is 6.19. The molecule has 0 fully saturated rings. The molecule has 126 valence electrons. The first-order valence-electron chi connectivity index (χ1n) is 7.51. The molecule has 2 rings (SSSR count). The number of nitrogens with one attached hydrogen (secondary N) is 1. The van der Waals surface area contributed by atoms with Gasteiger partial charge in [-0.1, -0.05) is 12.1 Å². The third kappa shape index (κ3) is 5.31. The number of hydrogen-bond donors (Lipinski definition) is 2. The van der Waals surface area contributed by atoms with E-state index in [1.807, 2.05) is 24.3 Å². The largest absolute Gasteiger partial charge is 0.497 e. The predicted octanol–water partition coefficient (Wildman–Crippen LogP) is 1.53. The van der Waals surface area contributed by atoms with E-state index in [-0.39, 0.29) is 12.5 Å². The van der Waals surface area contributed by atoms with Gasteiger partial charge in [0.25, 0.3) is 11.8 Å². The lowest BCUT2D eigenvalue weighted by atomic mass is 10.1. The van der Waals surface area contributed by atoms with Crippen LogP contribution >= 0.6 is 0 Å². The Morgan fingerprint density at radius 2 is 1.83 bits per heavy atom. The molecule has 0 aliphatic rings. The number of carbonyl (C=O) groups excluding carboxylic acids is 2. The molecule has 6 heteroatoms. The topological polar surface area (TPSA) is 90.7 Å². The molecule has 0 heterocycles. The van der Waals surface area contributed by atoms with Crippen molar-refractivity contribution < 1.29 is 19.1 Å². The Balaban J connectivity index is 1.82. The molecule has 0 saturated carbocycles. The Bertz CT molecular complexity index is 698. The quantitative estimate of drug-likeness (QED) is 0.769. The van der Waals surface area contributed by atoms with Crippen molar-refractivity contribution in [1.29, 1.82) is 0 Å². The fourth-order valence-corrected chi connectivity index (χ4v) is 2.11. The van der Waals surface area contributed by atoms with E-state index >= 15 is 0 Å². The zero-order valence-electron chi connectivity index (χ0n) is 13.5. The highest BCUT2D eigenvalue weighted by atomic mass is 16.5. The molecule has 0 aromatic heterocycles. The highest BCUT2D eigenvalue weighted by Crippen LogP contribution is 2.13. The summed E-state index contributed by atoms with van der Waals surface area (Å²) in [5.41, 5.74) is 6.61. The zero-order valence-corrected chi connectivity index (χ0v) is 13.5. The second kappa shape index (κ2) is 8.57. The third-order valence-corrected chi connectivity index (χ3v) is 3.33. The molecule has 6 nitrogen and oxygen atoms in total. The molecular formula is C18H20N2O4. The van der Waals surface area contributed by atoms with E-state index in [0.29, 0.717) is 24.3 Å². The van der Waals surface area contributed by atoms with Gasteiger partial charge in [-0.05, 0) is 48.4 Å². The first-order valence-corrected chi connectivity index (χ1v) is 7.51. The zero-order chi connectivity index (χ0) is 17.4. The summed E-state index contributed by atoms with van der Waals surface area (Å²) in [6.45, 7) is 0.331. The van der Waals surface area contributed by atoms with Crippen LogP contribution in [0.15, 0.2) is 48.5 Å². The summed E-state index contributed by atoms with van der Waals surface area (Å²) >= 11 is 0. The minimum Gasteiger partial charge on any atom is -0.497 e. The van der Waals surface area contributed by atoms with E-state index in [2.05, 4.69) is 5.32 Å². The number of nitrogens with two attached hydrogens (primary N) is 1. The van der Waals surface area contributed by atoms with Crippen molar-refractivity contribution in [3.63, 3.8) is 0 Å². The number of hydrogen-bond acceptors (Lipinski definition) is 4. The van der Waals surface area contributed by atoms with E-state index in [1.165, 1.54) is 0 Å². The minimum atomic E-state index is -0.547. The molecule has 24 heavy (non-hydrogen) atoms. The maximum atomic E-state index is 12.1. The molecule has 0 saturated heterocycles. The smallest absolute Gasteiger partial charge is 0.255 e. The molecule has 2 amide bonds. The van der Waals surface area contributed by atoms with Crippen molar-refractivity contribution in [2.75, 3.05) is 20.3 Å². The molecule has 2 aromatic rings. The average Bonchev–Trinajstić information content (AvgIpc) is 2.60. The van der Waals surface area contributed by atoms with Crippen molar-refractivity contribution in [2.45, 2.75) is 6.42 Å². The normalized spacial score (nSPS) is 10.0. The van der Waals surface area contributed by atoms with Crippen LogP contribution in [0.1, 0.15) is 15.9 Å². The molecule has 0 spiro atoms. The second-order valence-corrected chi connectivity index (χ2v) is 5.14. The van der Waals surface area contributed by atoms with Crippen molar-refractivity contribution in [2.24, 2.45) is 5.73 Å². The molecular weight excluding hydrogens is 308 g/mol. The van der Waals surface area contributed by atoms with Gasteiger partial charge in [0.05, 0.1) is 7.11 Å². The number of methoxy groups -OCH3 is 1. The lowest BCUT2D eigenvalue weighted by molar-refractivity contribution is -0.119. The molecule has 3 N–H and O–H groups in total. The van der Waals surface area contributed by atoms with Crippen LogP contribution < -0.4 is 20.5 Å². The summed E-state index contributed by atoms with van der Waals surface area (Å²) < 4.78 is 10.3. The lowest BCUT2D eigenvalue weighted by Gasteiger charge is -2.08. The Morgan fingerprint density at radius 1 is 1.08 bits per heavy atom. The lowest BCUT2D eigenvalue weighted by Crippen LogP contribution is -2.25. The van der Waals surface area contributed by atoms with Crippen LogP contribution in [-0.4, -0.2) is 32.1 Å². The van der Waals surface area contributed by atoms with Gasteiger partial charge in [-0.15, -0.1) is 0 Å². The van der Waals surface area contributed by atoms with Gasteiger partial charge in [-0.2, -0.15) is 0 Å². The molecule has 0 bridgehead atoms. The van der Waals surface area contributed by atoms with E-state index in [0.717, 1.165) is 11.3 Å². The van der Waals surface area contributed by atoms with Crippen molar-refractivity contribution >= 4 is 11.8 Å². The van der Waals surface area contributed by atoms with Crippen LogP contribution in [0.3, 0.4) is 0 Å². The van der Waals surface area contributed by atoms with Gasteiger partial charge >= 0.3 is 0 Å². The van der Waals surface area contributed by atoms with E-state index in [9.17, 15) is 9.59 Å². The Morgan fingerprint density at radius 3 is 2.50 bits per heavy atom. The van der Waals surface area contributed by atoms with Gasteiger partial charge < -0.3 is 20.5 Å². The molecule has 0 atom stereocenters. The van der Waals surface area contributed by atoms with Gasteiger partial charge in [-0.3, -0.25) is 9.59 Å². The number of primary amides is 1. The van der Waals surface area contributed by atoms with Crippen LogP contribution in [0.25, 0.3) is 0 Å². The van der Waals surface area contributed by atoms with Crippen LogP contribution in [0.4, 0.5) is 0 Å². The van der Waals surface area contributed by atoms with Gasteiger partial charge in [0.2, 0.25) is 0 Å². The minimum absolute atomic E-state index is 0.167. The summed E-state index contributed by atoms with van der Waals surface area (Å²) in [6, 6.07) is 14.2. The van der Waals surface area contributed by atoms with Crippen LogP contribution in [0.5, 0.6) is 11.5 Å². The third-order valence-electron chi connectivity index (χ3n) is 3.33. The Labute approximate surface area is 140 Å². The highest BCUT2D eigenvalue weighted by Gasteiger charge is 2.06. The highest BCUT2D eigenvalue weighted by molar-refractivity contribution is 5.94. The summed E-state index contributed by atoms with van der Waals surface area (Å²) in [4.78, 5) is 22.7. The standard InChI is InChI=1S/C18H20N2O4/c1-23-16-4-2-3-13(11-16)9-10-20-18(22)14-5-7-15(8-6-14)24-12-17(19)21/h2-8,11H,9-10,12H2,1H3,(H2,19,21)(H,20,22). The SMILES string of the molecule is COc1cccc(CCNC(=O)c2ccc(OCC(N)=O)cc2)c1. The van der Waals surface area contributed by atoms with Gasteiger partial charge in [0.1, 0.15) is 11.5 Å². The average molecular weight is 328 g/mol. The Hall–Kier alpha value is -3.02. The number of rotatable bonds is 8. The first kappa shape index (κ1) is 17.3. The predicted molar refractivity (Wildman–Crippen MR) is 90.2 cm³/mol. The van der Waals surface area contributed by atoms with E-state index in [1.54, 1.807) is 31.4 Å². The first-order chi connectivity index (χ1) is 11.6. The molecule has 0 unspecified atom stereocenters. The molecule has 2 aromatic carbocycles. The number of amides is 2. The van der Waals surface area contributed by atoms with Crippen molar-refractivity contribution in [3.8, 4) is 11.5 Å². The van der Waals surface area contributed by atoms with Crippen molar-refractivity contribution in [1.82, 2.24) is 5.32 Å². The monoisotopic (exact) mass is 328 g/mol. The number of benzene rings is 2. The van der Waals surface area contributed by atoms with Gasteiger partial charge in [0.15, 0.2) is 6.61 Å². The fourth-order valence-electron chi connectivity index (χ4n) is 2.11. The van der Waals surface area contributed by atoms with E-state index in [4.69, 9.17) is 15.2 Å². The number of ether oxygens (including phenoxy) is 2. The molecule has 0 radical (unpaired) electrons. The van der Waals surface area contributed by atoms with Crippen LogP contribution in [0.2, 0.25) is 0 Å². The summed E-state index contributed by atoms with van der Waals surface area (Å²) in [6.07, 6.45) is 0.711. The second-order valence-electron chi connectivity index (χ2n) is 5.14. The van der Waals surface area contributed by atoms with Crippen molar-refractivity contribution in [3.05, 3.63) is 59.7 Å². The maximum absolute atomic E-state index is 12.1. The van der Waals surface area contributed by atoms with Gasteiger partial charge in [-0.25, -0.2) is 0 Å². The fraction of sp³-hybridized carbons (Fsp3) is 0.222. The molecule has 0 aliphatic carbocycles. The van der Waals surface area contributed by atoms with E-state index < -0.39 is 5.91 Å².